The van der Waals surface area contributed by atoms with Crippen LogP contribution in [-0.2, 0) is 4.79 Å². The van der Waals surface area contributed by atoms with Gasteiger partial charge in [0.05, 0.1) is 12.9 Å². The number of hydrogen-bond acceptors (Lipinski definition) is 3. The van der Waals surface area contributed by atoms with Crippen LogP contribution in [0.5, 0.6) is 5.75 Å². The molecule has 0 aliphatic rings. The lowest BCUT2D eigenvalue weighted by Crippen LogP contribution is -2.08. The number of furan rings is 1. The Morgan fingerprint density at radius 1 is 1.03 bits per heavy atom. The minimum absolute atomic E-state index is 0.225. The van der Waals surface area contributed by atoms with Gasteiger partial charge in [-0.1, -0.05) is 48.0 Å². The third-order valence-corrected chi connectivity index (χ3v) is 6.53. The Balaban J connectivity index is 1.58. The lowest BCUT2D eigenvalue weighted by atomic mass is 9.95. The first-order chi connectivity index (χ1) is 17.4. The average molecular weight is 496 g/mol. The van der Waals surface area contributed by atoms with Crippen LogP contribution in [0.15, 0.2) is 89.6 Å². The summed E-state index contributed by atoms with van der Waals surface area (Å²) in [4.78, 5) is 12.8. The van der Waals surface area contributed by atoms with E-state index in [2.05, 4.69) is 41.7 Å². The Bertz CT molecular complexity index is 1610. The van der Waals surface area contributed by atoms with Gasteiger partial charge in [0.2, 0.25) is 5.91 Å². The lowest BCUT2D eigenvalue weighted by molar-refractivity contribution is -0.111. The highest BCUT2D eigenvalue weighted by atomic mass is 35.5. The van der Waals surface area contributed by atoms with E-state index in [1.807, 2.05) is 32.9 Å². The van der Waals surface area contributed by atoms with Gasteiger partial charge in [-0.2, -0.15) is 0 Å². The van der Waals surface area contributed by atoms with E-state index in [1.165, 1.54) is 10.8 Å². The molecule has 0 saturated carbocycles. The maximum atomic E-state index is 12.8. The fourth-order valence-corrected chi connectivity index (χ4v) is 4.63. The highest BCUT2D eigenvalue weighted by Crippen LogP contribution is 2.41. The molecule has 1 N–H and O–H groups in total. The molecule has 5 rings (SSSR count). The zero-order valence-electron chi connectivity index (χ0n) is 20.4. The van der Waals surface area contributed by atoms with Gasteiger partial charge in [-0.15, -0.1) is 0 Å². The normalized spacial score (nSPS) is 11.7. The van der Waals surface area contributed by atoms with Crippen molar-refractivity contribution in [2.75, 3.05) is 11.9 Å². The fourth-order valence-electron chi connectivity index (χ4n) is 4.51. The topological polar surface area (TPSA) is 51.5 Å². The average Bonchev–Trinajstić information content (AvgIpc) is 3.31. The van der Waals surface area contributed by atoms with E-state index in [9.17, 15) is 4.79 Å². The van der Waals surface area contributed by atoms with Gasteiger partial charge in [0.25, 0.3) is 0 Å². The van der Waals surface area contributed by atoms with E-state index >= 15 is 0 Å². The number of benzene rings is 4. The Labute approximate surface area is 215 Å². The molecule has 1 heterocycles. The van der Waals surface area contributed by atoms with Gasteiger partial charge >= 0.3 is 0 Å². The van der Waals surface area contributed by atoms with Crippen molar-refractivity contribution < 1.29 is 13.9 Å². The molecule has 5 heteroatoms. The van der Waals surface area contributed by atoms with Crippen LogP contribution < -0.4 is 10.1 Å². The summed E-state index contributed by atoms with van der Waals surface area (Å²) in [5.41, 5.74) is 6.09. The molecule has 0 radical (unpaired) electrons. The first-order valence-electron chi connectivity index (χ1n) is 11.9. The van der Waals surface area contributed by atoms with Crippen LogP contribution in [0.3, 0.4) is 0 Å². The molecule has 4 aromatic carbocycles. The summed E-state index contributed by atoms with van der Waals surface area (Å²) in [5.74, 6) is 0.495. The Morgan fingerprint density at radius 3 is 2.53 bits per heavy atom. The molecular weight excluding hydrogens is 470 g/mol. The number of aryl methyl sites for hydroxylation is 1. The molecule has 0 aliphatic carbocycles. The Kier molecular flexibility index (Phi) is 6.53. The minimum atomic E-state index is -0.225. The molecule has 0 atom stereocenters. The molecule has 1 aromatic heterocycles. The van der Waals surface area contributed by atoms with E-state index in [0.29, 0.717) is 17.3 Å². The quantitative estimate of drug-likeness (QED) is 0.240. The van der Waals surface area contributed by atoms with Crippen LogP contribution in [0.2, 0.25) is 5.02 Å². The second-order valence-corrected chi connectivity index (χ2v) is 9.16. The maximum absolute atomic E-state index is 12.8. The predicted molar refractivity (Wildman–Crippen MR) is 149 cm³/mol. The van der Waals surface area contributed by atoms with Crippen LogP contribution in [-0.4, -0.2) is 12.5 Å². The summed E-state index contributed by atoms with van der Waals surface area (Å²) in [7, 11) is 0. The molecule has 0 spiro atoms. The highest BCUT2D eigenvalue weighted by molar-refractivity contribution is 6.30. The second kappa shape index (κ2) is 9.92. The number of amides is 1. The van der Waals surface area contributed by atoms with Gasteiger partial charge < -0.3 is 14.5 Å². The van der Waals surface area contributed by atoms with Gasteiger partial charge in [-0.3, -0.25) is 4.79 Å². The van der Waals surface area contributed by atoms with Gasteiger partial charge in [0.1, 0.15) is 11.3 Å². The van der Waals surface area contributed by atoms with Crippen molar-refractivity contribution in [1.29, 1.82) is 0 Å². The lowest BCUT2D eigenvalue weighted by Gasteiger charge is -2.15. The SMILES string of the molecule is CCOc1c(/C(C)=C/C(=O)Nc2ccc(Cl)cc2)cc2c(-c3ccc4ccccc4c3)coc2c1C. The summed E-state index contributed by atoms with van der Waals surface area (Å²) in [6.45, 7) is 6.36. The van der Waals surface area contributed by atoms with Gasteiger partial charge in [-0.25, -0.2) is 0 Å². The van der Waals surface area contributed by atoms with Crippen molar-refractivity contribution in [1.82, 2.24) is 0 Å². The van der Waals surface area contributed by atoms with Gasteiger partial charge in [-0.05, 0) is 79.1 Å². The van der Waals surface area contributed by atoms with E-state index in [1.54, 1.807) is 36.6 Å². The standard InChI is InChI=1S/C31H26ClNO3/c1-4-35-30-20(3)31-27(28(18-36-31)23-10-9-21-7-5-6-8-22(21)16-23)17-26(30)19(2)15-29(34)33-25-13-11-24(32)12-14-25/h5-18H,4H2,1-3H3,(H,33,34)/b19-15+. The third-order valence-electron chi connectivity index (χ3n) is 6.28. The zero-order chi connectivity index (χ0) is 25.2. The van der Waals surface area contributed by atoms with E-state index in [0.717, 1.165) is 44.5 Å². The van der Waals surface area contributed by atoms with Crippen molar-refractivity contribution in [3.05, 3.63) is 101 Å². The van der Waals surface area contributed by atoms with Crippen molar-refractivity contribution in [2.45, 2.75) is 20.8 Å². The predicted octanol–water partition coefficient (Wildman–Crippen LogP) is 8.66. The van der Waals surface area contributed by atoms with E-state index in [-0.39, 0.29) is 5.91 Å². The van der Waals surface area contributed by atoms with Crippen LogP contribution >= 0.6 is 11.6 Å². The molecular formula is C31H26ClNO3. The number of halogens is 1. The molecule has 4 nitrogen and oxygen atoms in total. The van der Waals surface area contributed by atoms with Crippen LogP contribution in [0.1, 0.15) is 25.0 Å². The molecule has 0 bridgehead atoms. The first kappa shape index (κ1) is 23.7. The van der Waals surface area contributed by atoms with Crippen molar-refractivity contribution in [2.24, 2.45) is 0 Å². The number of carbonyl (C=O) groups excluding carboxylic acids is 1. The maximum Gasteiger partial charge on any atom is 0.248 e. The van der Waals surface area contributed by atoms with Gasteiger partial charge in [0, 0.05) is 38.9 Å². The number of fused-ring (bicyclic) bond motifs is 2. The number of ether oxygens (including phenoxy) is 1. The van der Waals surface area contributed by atoms with Crippen molar-refractivity contribution in [3.63, 3.8) is 0 Å². The van der Waals surface area contributed by atoms with Crippen LogP contribution in [0.25, 0.3) is 38.4 Å². The molecule has 180 valence electrons. The summed E-state index contributed by atoms with van der Waals surface area (Å²) in [6, 6.07) is 23.8. The first-order valence-corrected chi connectivity index (χ1v) is 12.2. The zero-order valence-corrected chi connectivity index (χ0v) is 21.1. The Morgan fingerprint density at radius 2 is 1.78 bits per heavy atom. The Hall–Kier alpha value is -4.02. The highest BCUT2D eigenvalue weighted by Gasteiger charge is 2.19. The summed E-state index contributed by atoms with van der Waals surface area (Å²) < 4.78 is 12.1. The minimum Gasteiger partial charge on any atom is -0.493 e. The summed E-state index contributed by atoms with van der Waals surface area (Å²) in [5, 5.41) is 6.84. The van der Waals surface area contributed by atoms with Crippen molar-refractivity contribution in [3.8, 4) is 16.9 Å². The fraction of sp³-hybridized carbons (Fsp3) is 0.129. The molecule has 5 aromatic rings. The summed E-state index contributed by atoms with van der Waals surface area (Å²) >= 11 is 5.95. The van der Waals surface area contributed by atoms with Gasteiger partial charge in [0.15, 0.2) is 0 Å². The molecule has 0 unspecified atom stereocenters. The number of allylic oxidation sites excluding steroid dienone is 1. The largest absolute Gasteiger partial charge is 0.493 e. The third kappa shape index (κ3) is 4.60. The van der Waals surface area contributed by atoms with E-state index in [4.69, 9.17) is 20.8 Å². The number of hydrogen-bond donors (Lipinski definition) is 1. The monoisotopic (exact) mass is 495 g/mol. The number of carbonyl (C=O) groups is 1. The summed E-state index contributed by atoms with van der Waals surface area (Å²) in [6.07, 6.45) is 3.39. The number of anilines is 1. The molecule has 0 fully saturated rings. The molecule has 0 aliphatic heterocycles. The molecule has 1 amide bonds. The number of rotatable bonds is 6. The van der Waals surface area contributed by atoms with Crippen LogP contribution in [0.4, 0.5) is 5.69 Å². The van der Waals surface area contributed by atoms with E-state index < -0.39 is 0 Å². The van der Waals surface area contributed by atoms with Crippen LogP contribution in [0, 0.1) is 6.92 Å². The second-order valence-electron chi connectivity index (χ2n) is 8.72. The molecule has 0 saturated heterocycles. The number of nitrogens with one attached hydrogen (secondary N) is 1. The van der Waals surface area contributed by atoms with Crippen molar-refractivity contribution >= 4 is 50.5 Å². The molecule has 36 heavy (non-hydrogen) atoms. The smallest absolute Gasteiger partial charge is 0.248 e.